The first-order chi connectivity index (χ1) is 13.5. The maximum atomic E-state index is 12.5. The Kier molecular flexibility index (Phi) is 5.81. The highest BCUT2D eigenvalue weighted by Gasteiger charge is 2.16. The van der Waals surface area contributed by atoms with E-state index in [-0.39, 0.29) is 23.5 Å². The molecule has 2 amide bonds. The molecule has 3 aromatic rings. The van der Waals surface area contributed by atoms with Crippen LogP contribution in [-0.2, 0) is 11.2 Å². The van der Waals surface area contributed by atoms with Gasteiger partial charge in [0.2, 0.25) is 5.91 Å². The summed E-state index contributed by atoms with van der Waals surface area (Å²) in [7, 11) is 0. The highest BCUT2D eigenvalue weighted by molar-refractivity contribution is 6.10. The van der Waals surface area contributed by atoms with Gasteiger partial charge in [-0.05, 0) is 35.9 Å². The molecule has 0 radical (unpaired) electrons. The fourth-order valence-corrected chi connectivity index (χ4v) is 2.73. The van der Waals surface area contributed by atoms with Crippen LogP contribution in [0.25, 0.3) is 0 Å². The second kappa shape index (κ2) is 8.64. The van der Waals surface area contributed by atoms with Crippen molar-refractivity contribution < 1.29 is 19.5 Å². The van der Waals surface area contributed by atoms with Crippen LogP contribution in [0, 0.1) is 0 Å². The number of benzene rings is 3. The molecule has 28 heavy (non-hydrogen) atoms. The van der Waals surface area contributed by atoms with Crippen molar-refractivity contribution in [1.29, 1.82) is 0 Å². The van der Waals surface area contributed by atoms with E-state index in [1.807, 2.05) is 30.3 Å². The third-order valence-corrected chi connectivity index (χ3v) is 4.01. The molecular weight excluding hydrogens is 356 g/mol. The predicted octanol–water partition coefficient (Wildman–Crippen LogP) is 3.82. The van der Waals surface area contributed by atoms with Crippen molar-refractivity contribution in [2.24, 2.45) is 0 Å². The van der Waals surface area contributed by atoms with Gasteiger partial charge in [0.05, 0.1) is 17.5 Å². The molecule has 3 rings (SSSR count). The van der Waals surface area contributed by atoms with E-state index in [1.165, 1.54) is 12.1 Å². The quantitative estimate of drug-likeness (QED) is 0.611. The Morgan fingerprint density at radius 3 is 2.00 bits per heavy atom. The van der Waals surface area contributed by atoms with E-state index in [9.17, 15) is 19.5 Å². The molecule has 0 saturated heterocycles. The molecule has 6 nitrogen and oxygen atoms in total. The number of amides is 2. The van der Waals surface area contributed by atoms with Crippen LogP contribution in [-0.4, -0.2) is 22.9 Å². The van der Waals surface area contributed by atoms with E-state index in [0.29, 0.717) is 11.4 Å². The van der Waals surface area contributed by atoms with Crippen LogP contribution in [0.15, 0.2) is 78.9 Å². The molecule has 0 unspecified atom stereocenters. The molecule has 0 aliphatic rings. The van der Waals surface area contributed by atoms with E-state index in [0.717, 1.165) is 5.56 Å². The lowest BCUT2D eigenvalue weighted by Gasteiger charge is -2.10. The Labute approximate surface area is 161 Å². The minimum absolute atomic E-state index is 0.0634. The maximum Gasteiger partial charge on any atom is 0.336 e. The lowest BCUT2D eigenvalue weighted by molar-refractivity contribution is -0.115. The number of rotatable bonds is 6. The molecule has 0 atom stereocenters. The van der Waals surface area contributed by atoms with Gasteiger partial charge < -0.3 is 15.7 Å². The van der Waals surface area contributed by atoms with Gasteiger partial charge in [-0.2, -0.15) is 0 Å². The molecule has 6 heteroatoms. The Bertz CT molecular complexity index is 1020. The van der Waals surface area contributed by atoms with Crippen molar-refractivity contribution in [3.05, 3.63) is 95.6 Å². The molecule has 0 spiro atoms. The minimum atomic E-state index is -1.17. The monoisotopic (exact) mass is 374 g/mol. The van der Waals surface area contributed by atoms with E-state index in [4.69, 9.17) is 0 Å². The fraction of sp³-hybridized carbons (Fsp3) is 0.0455. The van der Waals surface area contributed by atoms with Crippen molar-refractivity contribution >= 4 is 29.2 Å². The van der Waals surface area contributed by atoms with Crippen LogP contribution in [0.4, 0.5) is 11.4 Å². The summed E-state index contributed by atoms with van der Waals surface area (Å²) < 4.78 is 0. The van der Waals surface area contributed by atoms with Crippen molar-refractivity contribution in [3.8, 4) is 0 Å². The Hall–Kier alpha value is -3.93. The van der Waals surface area contributed by atoms with Gasteiger partial charge in [0.15, 0.2) is 0 Å². The summed E-state index contributed by atoms with van der Waals surface area (Å²) >= 11 is 0. The summed E-state index contributed by atoms with van der Waals surface area (Å²) in [6.45, 7) is 0. The maximum absolute atomic E-state index is 12.5. The highest BCUT2D eigenvalue weighted by Crippen LogP contribution is 2.18. The van der Waals surface area contributed by atoms with Gasteiger partial charge in [0.1, 0.15) is 0 Å². The first-order valence-corrected chi connectivity index (χ1v) is 8.60. The molecule has 140 valence electrons. The first kappa shape index (κ1) is 18.8. The fourth-order valence-electron chi connectivity index (χ4n) is 2.73. The van der Waals surface area contributed by atoms with Gasteiger partial charge in [-0.3, -0.25) is 9.59 Å². The zero-order valence-electron chi connectivity index (χ0n) is 14.9. The molecule has 0 bridgehead atoms. The van der Waals surface area contributed by atoms with Gasteiger partial charge >= 0.3 is 5.97 Å². The molecule has 0 heterocycles. The average Bonchev–Trinajstić information content (AvgIpc) is 2.69. The van der Waals surface area contributed by atoms with Crippen molar-refractivity contribution in [3.63, 3.8) is 0 Å². The number of hydrogen-bond donors (Lipinski definition) is 3. The predicted molar refractivity (Wildman–Crippen MR) is 107 cm³/mol. The molecular formula is C22H18N2O4. The van der Waals surface area contributed by atoms with E-state index in [2.05, 4.69) is 10.6 Å². The molecule has 0 aliphatic carbocycles. The van der Waals surface area contributed by atoms with Crippen LogP contribution in [0.1, 0.15) is 26.3 Å². The summed E-state index contributed by atoms with van der Waals surface area (Å²) in [6.07, 6.45) is 0.239. The number of carboxylic acid groups (broad SMARTS) is 1. The third kappa shape index (κ3) is 4.82. The van der Waals surface area contributed by atoms with E-state index >= 15 is 0 Å². The number of hydrogen-bond acceptors (Lipinski definition) is 3. The number of carboxylic acids is 1. The Morgan fingerprint density at radius 2 is 1.32 bits per heavy atom. The van der Waals surface area contributed by atoms with E-state index in [1.54, 1.807) is 36.4 Å². The van der Waals surface area contributed by atoms with Crippen LogP contribution in [0.5, 0.6) is 0 Å². The molecule has 3 aromatic carbocycles. The van der Waals surface area contributed by atoms with Crippen molar-refractivity contribution in [2.45, 2.75) is 6.42 Å². The average molecular weight is 374 g/mol. The molecule has 0 aromatic heterocycles. The van der Waals surface area contributed by atoms with Gasteiger partial charge in [0, 0.05) is 11.4 Å². The smallest absolute Gasteiger partial charge is 0.336 e. The van der Waals surface area contributed by atoms with Gasteiger partial charge in [-0.15, -0.1) is 0 Å². The number of carbonyl (C=O) groups is 3. The highest BCUT2D eigenvalue weighted by atomic mass is 16.4. The largest absolute Gasteiger partial charge is 0.478 e. The zero-order valence-corrected chi connectivity index (χ0v) is 14.9. The number of anilines is 2. The number of nitrogens with one attached hydrogen (secondary N) is 2. The van der Waals surface area contributed by atoms with Crippen molar-refractivity contribution in [2.75, 3.05) is 10.6 Å². The Morgan fingerprint density at radius 1 is 0.714 bits per heavy atom. The summed E-state index contributed by atoms with van der Waals surface area (Å²) in [6, 6.07) is 22.0. The lowest BCUT2D eigenvalue weighted by Crippen LogP contribution is -2.17. The topological polar surface area (TPSA) is 95.5 Å². The zero-order chi connectivity index (χ0) is 19.9. The van der Waals surface area contributed by atoms with Crippen LogP contribution < -0.4 is 10.6 Å². The van der Waals surface area contributed by atoms with Gasteiger partial charge in [0.25, 0.3) is 5.91 Å². The third-order valence-electron chi connectivity index (χ3n) is 4.01. The molecule has 0 fully saturated rings. The molecule has 0 saturated carbocycles. The first-order valence-electron chi connectivity index (χ1n) is 8.60. The molecule has 0 aliphatic heterocycles. The minimum Gasteiger partial charge on any atom is -0.478 e. The lowest BCUT2D eigenvalue weighted by atomic mass is 10.1. The standard InChI is InChI=1S/C22H18N2O4/c25-20(13-15-7-2-1-3-8-15)23-16-9-6-10-17(14-16)24-21(26)18-11-4-5-12-19(18)22(27)28/h1-12,14H,13H2,(H,23,25)(H,24,26)(H,27,28). The van der Waals surface area contributed by atoms with Crippen LogP contribution in [0.2, 0.25) is 0 Å². The second-order valence-electron chi connectivity index (χ2n) is 6.10. The van der Waals surface area contributed by atoms with Gasteiger partial charge in [-0.25, -0.2) is 4.79 Å². The Balaban J connectivity index is 1.69. The number of carbonyl (C=O) groups excluding carboxylic acids is 2. The second-order valence-corrected chi connectivity index (χ2v) is 6.10. The SMILES string of the molecule is O=C(Cc1ccccc1)Nc1cccc(NC(=O)c2ccccc2C(=O)O)c1. The summed E-state index contributed by atoms with van der Waals surface area (Å²) in [5.74, 6) is -1.88. The van der Waals surface area contributed by atoms with Crippen LogP contribution >= 0.6 is 0 Å². The van der Waals surface area contributed by atoms with Gasteiger partial charge in [-0.1, -0.05) is 48.5 Å². The van der Waals surface area contributed by atoms with Crippen molar-refractivity contribution in [1.82, 2.24) is 0 Å². The van der Waals surface area contributed by atoms with Crippen LogP contribution in [0.3, 0.4) is 0 Å². The summed E-state index contributed by atoms with van der Waals surface area (Å²) in [5.41, 5.74) is 1.86. The normalized spacial score (nSPS) is 10.1. The summed E-state index contributed by atoms with van der Waals surface area (Å²) in [4.78, 5) is 35.9. The summed E-state index contributed by atoms with van der Waals surface area (Å²) in [5, 5.41) is 14.7. The molecule has 3 N–H and O–H groups in total. The number of aromatic carboxylic acids is 1. The van der Waals surface area contributed by atoms with E-state index < -0.39 is 11.9 Å².